The molecule has 0 unspecified atom stereocenters. The first-order chi connectivity index (χ1) is 9.75. The van der Waals surface area contributed by atoms with Gasteiger partial charge in [-0.05, 0) is 40.2 Å². The number of hydrogen-bond acceptors (Lipinski definition) is 3. The van der Waals surface area contributed by atoms with Crippen molar-refractivity contribution in [3.8, 4) is 0 Å². The molecule has 6 heteroatoms. The molecule has 0 saturated heterocycles. The fourth-order valence-corrected chi connectivity index (χ4v) is 3.36. The second-order valence-corrected chi connectivity index (χ2v) is 8.64. The highest BCUT2D eigenvalue weighted by molar-refractivity contribution is 9.11. The monoisotopic (exact) mass is 386 g/mol. The Kier molecular flexibility index (Phi) is 5.07. The summed E-state index contributed by atoms with van der Waals surface area (Å²) in [5.74, 6) is -0.144. The van der Waals surface area contributed by atoms with Crippen LogP contribution < -0.4 is 5.32 Å². The van der Waals surface area contributed by atoms with Crippen molar-refractivity contribution in [2.75, 3.05) is 0 Å². The van der Waals surface area contributed by atoms with Crippen LogP contribution in [0.15, 0.2) is 28.1 Å². The highest BCUT2D eigenvalue weighted by atomic mass is 79.9. The van der Waals surface area contributed by atoms with E-state index in [1.54, 1.807) is 23.5 Å². The van der Waals surface area contributed by atoms with Crippen molar-refractivity contribution in [3.63, 3.8) is 0 Å². The molecule has 0 spiro atoms. The van der Waals surface area contributed by atoms with E-state index in [9.17, 15) is 4.79 Å². The molecule has 2 heterocycles. The van der Waals surface area contributed by atoms with E-state index in [-0.39, 0.29) is 11.3 Å². The van der Waals surface area contributed by atoms with E-state index in [1.807, 2.05) is 32.9 Å². The number of aromatic nitrogens is 1. The molecule has 2 rings (SSSR count). The summed E-state index contributed by atoms with van der Waals surface area (Å²) < 4.78 is 1.05. The van der Waals surface area contributed by atoms with Crippen LogP contribution in [0.4, 0.5) is 0 Å². The van der Waals surface area contributed by atoms with Crippen molar-refractivity contribution in [1.82, 2.24) is 10.3 Å². The second kappa shape index (κ2) is 6.46. The Morgan fingerprint density at radius 3 is 2.67 bits per heavy atom. The van der Waals surface area contributed by atoms with Crippen LogP contribution in [0.1, 0.15) is 41.7 Å². The molecule has 0 radical (unpaired) electrons. The zero-order valence-electron chi connectivity index (χ0n) is 12.0. The highest BCUT2D eigenvalue weighted by Crippen LogP contribution is 2.24. The smallest absolute Gasteiger partial charge is 0.251 e. The molecule has 0 aliphatic rings. The lowest BCUT2D eigenvalue weighted by atomic mass is 9.91. The third kappa shape index (κ3) is 4.53. The summed E-state index contributed by atoms with van der Waals surface area (Å²) in [5.41, 5.74) is 1.19. The molecule has 0 saturated carbocycles. The van der Waals surface area contributed by atoms with Crippen LogP contribution in [-0.4, -0.2) is 10.9 Å². The number of halogens is 2. The molecule has 21 heavy (non-hydrogen) atoms. The number of hydrogen-bond donors (Lipinski definition) is 1. The molecule has 0 aliphatic heterocycles. The van der Waals surface area contributed by atoms with Crippen molar-refractivity contribution >= 4 is 44.8 Å². The molecular weight excluding hydrogens is 372 g/mol. The van der Waals surface area contributed by atoms with Gasteiger partial charge in [-0.15, -0.1) is 11.3 Å². The maximum atomic E-state index is 12.3. The van der Waals surface area contributed by atoms with Gasteiger partial charge in [-0.25, -0.2) is 4.98 Å². The van der Waals surface area contributed by atoms with Gasteiger partial charge in [0.15, 0.2) is 0 Å². The SMILES string of the molecule is CC(C)(C)c1cc(C(=O)NCc2ccc(Br)s2)cc(Cl)n1. The van der Waals surface area contributed by atoms with Gasteiger partial charge in [0.05, 0.1) is 10.3 Å². The lowest BCUT2D eigenvalue weighted by Crippen LogP contribution is -2.23. The number of rotatable bonds is 3. The molecule has 3 nitrogen and oxygen atoms in total. The first-order valence-corrected chi connectivity index (χ1v) is 8.45. The lowest BCUT2D eigenvalue weighted by molar-refractivity contribution is 0.0951. The number of amides is 1. The van der Waals surface area contributed by atoms with Crippen molar-refractivity contribution in [2.45, 2.75) is 32.7 Å². The number of nitrogens with zero attached hydrogens (tertiary/aromatic N) is 1. The van der Waals surface area contributed by atoms with Gasteiger partial charge in [-0.1, -0.05) is 32.4 Å². The summed E-state index contributed by atoms with van der Waals surface area (Å²) in [6.07, 6.45) is 0. The molecule has 2 aromatic heterocycles. The van der Waals surface area contributed by atoms with Crippen LogP contribution >= 0.6 is 38.9 Å². The first kappa shape index (κ1) is 16.5. The minimum absolute atomic E-state index is 0.144. The molecule has 1 N–H and O–H groups in total. The molecule has 0 fully saturated rings. The largest absolute Gasteiger partial charge is 0.347 e. The quantitative estimate of drug-likeness (QED) is 0.770. The third-order valence-electron chi connectivity index (χ3n) is 2.88. The van der Waals surface area contributed by atoms with Crippen LogP contribution in [0.3, 0.4) is 0 Å². The van der Waals surface area contributed by atoms with Gasteiger partial charge < -0.3 is 5.32 Å². The summed E-state index contributed by atoms with van der Waals surface area (Å²) in [4.78, 5) is 17.6. The number of nitrogens with one attached hydrogen (secondary N) is 1. The molecular formula is C15H16BrClN2OS. The van der Waals surface area contributed by atoms with Crippen LogP contribution in [0.2, 0.25) is 5.15 Å². The van der Waals surface area contributed by atoms with Crippen molar-refractivity contribution in [1.29, 1.82) is 0 Å². The van der Waals surface area contributed by atoms with E-state index in [1.165, 1.54) is 0 Å². The van der Waals surface area contributed by atoms with Gasteiger partial charge >= 0.3 is 0 Å². The van der Waals surface area contributed by atoms with Gasteiger partial charge in [0, 0.05) is 21.5 Å². The summed E-state index contributed by atoms with van der Waals surface area (Å²) in [6.45, 7) is 6.61. The molecule has 0 aliphatic carbocycles. The van der Waals surface area contributed by atoms with Crippen molar-refractivity contribution in [3.05, 3.63) is 49.3 Å². The fraction of sp³-hybridized carbons (Fsp3) is 0.333. The van der Waals surface area contributed by atoms with Crippen LogP contribution in [0.25, 0.3) is 0 Å². The Bertz CT molecular complexity index is 664. The maximum absolute atomic E-state index is 12.3. The van der Waals surface area contributed by atoms with E-state index in [0.717, 1.165) is 14.4 Å². The topological polar surface area (TPSA) is 42.0 Å². The van der Waals surface area contributed by atoms with E-state index in [2.05, 4.69) is 26.2 Å². The van der Waals surface area contributed by atoms with E-state index < -0.39 is 0 Å². The van der Waals surface area contributed by atoms with Crippen LogP contribution in [0.5, 0.6) is 0 Å². The van der Waals surface area contributed by atoms with Crippen molar-refractivity contribution in [2.24, 2.45) is 0 Å². The average molecular weight is 388 g/mol. The number of carbonyl (C=O) groups excluding carboxylic acids is 1. The third-order valence-corrected chi connectivity index (χ3v) is 4.69. The fourth-order valence-electron chi connectivity index (χ4n) is 1.73. The molecule has 0 bridgehead atoms. The van der Waals surface area contributed by atoms with Gasteiger partial charge in [0.25, 0.3) is 5.91 Å². The lowest BCUT2D eigenvalue weighted by Gasteiger charge is -2.18. The number of pyridine rings is 1. The zero-order chi connectivity index (χ0) is 15.6. The van der Waals surface area contributed by atoms with Gasteiger partial charge in [0.1, 0.15) is 5.15 Å². The summed E-state index contributed by atoms with van der Waals surface area (Å²) >= 11 is 11.0. The number of carbonyl (C=O) groups is 1. The summed E-state index contributed by atoms with van der Waals surface area (Å²) in [7, 11) is 0. The Balaban J connectivity index is 2.13. The molecule has 2 aromatic rings. The van der Waals surface area contributed by atoms with Crippen LogP contribution in [-0.2, 0) is 12.0 Å². The first-order valence-electron chi connectivity index (χ1n) is 6.46. The molecule has 0 aromatic carbocycles. The van der Waals surface area contributed by atoms with Gasteiger partial charge in [-0.3, -0.25) is 4.79 Å². The second-order valence-electron chi connectivity index (χ2n) is 5.70. The normalized spacial score (nSPS) is 11.5. The minimum Gasteiger partial charge on any atom is -0.347 e. The van der Waals surface area contributed by atoms with E-state index >= 15 is 0 Å². The van der Waals surface area contributed by atoms with Crippen molar-refractivity contribution < 1.29 is 4.79 Å². The van der Waals surface area contributed by atoms with Crippen LogP contribution in [0, 0.1) is 0 Å². The average Bonchev–Trinajstić information content (AvgIpc) is 2.80. The molecule has 0 atom stereocenters. The maximum Gasteiger partial charge on any atom is 0.251 e. The molecule has 112 valence electrons. The summed E-state index contributed by atoms with van der Waals surface area (Å²) in [5, 5.41) is 3.24. The Labute approximate surface area is 141 Å². The highest BCUT2D eigenvalue weighted by Gasteiger charge is 2.19. The Hall–Kier alpha value is -0.910. The zero-order valence-corrected chi connectivity index (χ0v) is 15.2. The van der Waals surface area contributed by atoms with Gasteiger partial charge in [-0.2, -0.15) is 0 Å². The van der Waals surface area contributed by atoms with E-state index in [0.29, 0.717) is 17.3 Å². The molecule has 1 amide bonds. The number of thiophene rings is 1. The van der Waals surface area contributed by atoms with E-state index in [4.69, 9.17) is 11.6 Å². The Morgan fingerprint density at radius 1 is 1.38 bits per heavy atom. The predicted octanol–water partition coefficient (Wildman–Crippen LogP) is 4.79. The summed E-state index contributed by atoms with van der Waals surface area (Å²) in [6, 6.07) is 7.34. The van der Waals surface area contributed by atoms with Gasteiger partial charge in [0.2, 0.25) is 0 Å². The minimum atomic E-state index is -0.154. The predicted molar refractivity (Wildman–Crippen MR) is 91.1 cm³/mol. The Morgan fingerprint density at radius 2 is 2.10 bits per heavy atom. The standard InChI is InChI=1S/C15H16BrClN2OS/c1-15(2,3)11-6-9(7-13(17)19-11)14(20)18-8-10-4-5-12(16)21-10/h4-7H,8H2,1-3H3,(H,18,20).